The van der Waals surface area contributed by atoms with Gasteiger partial charge in [-0.3, -0.25) is 4.90 Å². The largest absolute Gasteiger partial charge is 0.477 e. The van der Waals surface area contributed by atoms with Gasteiger partial charge < -0.3 is 14.7 Å². The summed E-state index contributed by atoms with van der Waals surface area (Å²) in [5.74, 6) is -0.879. The number of carboxylic acid groups (broad SMARTS) is 1. The van der Waals surface area contributed by atoms with E-state index in [9.17, 15) is 4.79 Å². The molecule has 2 aliphatic heterocycles. The molecule has 1 aromatic heterocycles. The summed E-state index contributed by atoms with van der Waals surface area (Å²) in [4.78, 5) is 20.5. The molecule has 1 N–H and O–H groups in total. The number of morpholine rings is 1. The lowest BCUT2D eigenvalue weighted by Crippen LogP contribution is -2.44. The second kappa shape index (κ2) is 5.67. The van der Waals surface area contributed by atoms with E-state index in [1.165, 1.54) is 11.3 Å². The number of aromatic carboxylic acids is 1. The minimum Gasteiger partial charge on any atom is -0.477 e. The van der Waals surface area contributed by atoms with Crippen LogP contribution in [0.1, 0.15) is 21.8 Å². The van der Waals surface area contributed by atoms with Crippen LogP contribution in [-0.4, -0.2) is 66.4 Å². The zero-order valence-corrected chi connectivity index (χ0v) is 12.4. The smallest absolute Gasteiger partial charge is 0.347 e. The van der Waals surface area contributed by atoms with Gasteiger partial charge in [-0.05, 0) is 13.3 Å². The summed E-state index contributed by atoms with van der Waals surface area (Å²) in [6, 6.07) is 0.538. The highest BCUT2D eigenvalue weighted by atomic mass is 32.1. The Labute approximate surface area is 122 Å². The van der Waals surface area contributed by atoms with Crippen LogP contribution >= 0.6 is 11.3 Å². The van der Waals surface area contributed by atoms with Crippen LogP contribution in [0.3, 0.4) is 0 Å². The van der Waals surface area contributed by atoms with Crippen LogP contribution in [0.25, 0.3) is 0 Å². The zero-order chi connectivity index (χ0) is 14.1. The molecule has 110 valence electrons. The van der Waals surface area contributed by atoms with Crippen molar-refractivity contribution >= 4 is 22.4 Å². The SMILES string of the molecule is Cc1nc(N2CCC(N3CCOCC3)C2)sc1C(=O)O. The molecule has 6 nitrogen and oxygen atoms in total. The van der Waals surface area contributed by atoms with Crippen LogP contribution in [0, 0.1) is 6.92 Å². The van der Waals surface area contributed by atoms with Crippen molar-refractivity contribution in [3.05, 3.63) is 10.6 Å². The molecule has 2 fully saturated rings. The number of carboxylic acids is 1. The number of hydrogen-bond donors (Lipinski definition) is 1. The minimum absolute atomic E-state index is 0.356. The average Bonchev–Trinajstić information content (AvgIpc) is 3.06. The Morgan fingerprint density at radius 2 is 2.15 bits per heavy atom. The van der Waals surface area contributed by atoms with Crippen LogP contribution in [0.5, 0.6) is 0 Å². The highest BCUT2D eigenvalue weighted by Crippen LogP contribution is 2.30. The highest BCUT2D eigenvalue weighted by molar-refractivity contribution is 7.17. The fourth-order valence-electron chi connectivity index (χ4n) is 2.87. The number of hydrogen-bond acceptors (Lipinski definition) is 6. The number of aryl methyl sites for hydroxylation is 1. The van der Waals surface area contributed by atoms with Gasteiger partial charge in [0.1, 0.15) is 4.88 Å². The third-order valence-corrected chi connectivity index (χ3v) is 5.18. The Kier molecular flexibility index (Phi) is 3.91. The van der Waals surface area contributed by atoms with Crippen molar-refractivity contribution in [2.24, 2.45) is 0 Å². The van der Waals surface area contributed by atoms with Gasteiger partial charge in [0, 0.05) is 32.2 Å². The van der Waals surface area contributed by atoms with Crippen molar-refractivity contribution in [2.45, 2.75) is 19.4 Å². The summed E-state index contributed by atoms with van der Waals surface area (Å²) in [5.41, 5.74) is 0.618. The summed E-state index contributed by atoms with van der Waals surface area (Å²) < 4.78 is 5.39. The van der Waals surface area contributed by atoms with E-state index < -0.39 is 5.97 Å². The van der Waals surface area contributed by atoms with E-state index in [2.05, 4.69) is 14.8 Å². The van der Waals surface area contributed by atoms with E-state index in [1.54, 1.807) is 6.92 Å². The zero-order valence-electron chi connectivity index (χ0n) is 11.5. The Morgan fingerprint density at radius 1 is 1.40 bits per heavy atom. The molecule has 3 heterocycles. The van der Waals surface area contributed by atoms with E-state index in [1.807, 2.05) is 0 Å². The molecule has 3 rings (SSSR count). The standard InChI is InChI=1S/C13H19N3O3S/c1-9-11(12(17)18)20-13(14-9)16-3-2-10(8-16)15-4-6-19-7-5-15/h10H,2-8H2,1H3,(H,17,18). The molecular weight excluding hydrogens is 278 g/mol. The summed E-state index contributed by atoms with van der Waals surface area (Å²) in [5, 5.41) is 9.95. The van der Waals surface area contributed by atoms with Gasteiger partial charge in [-0.15, -0.1) is 0 Å². The molecule has 1 unspecified atom stereocenters. The maximum absolute atomic E-state index is 11.1. The van der Waals surface area contributed by atoms with Crippen LogP contribution in [0.15, 0.2) is 0 Å². The lowest BCUT2D eigenvalue weighted by molar-refractivity contribution is 0.0209. The van der Waals surface area contributed by atoms with Crippen molar-refractivity contribution in [2.75, 3.05) is 44.3 Å². The molecule has 0 aliphatic carbocycles. The van der Waals surface area contributed by atoms with E-state index >= 15 is 0 Å². The number of ether oxygens (including phenoxy) is 1. The average molecular weight is 297 g/mol. The molecule has 0 saturated carbocycles. The molecule has 20 heavy (non-hydrogen) atoms. The van der Waals surface area contributed by atoms with E-state index in [0.29, 0.717) is 16.6 Å². The van der Waals surface area contributed by atoms with Crippen LogP contribution in [0.4, 0.5) is 5.13 Å². The van der Waals surface area contributed by atoms with Crippen molar-refractivity contribution < 1.29 is 14.6 Å². The number of thiazole rings is 1. The normalized spacial score (nSPS) is 24.2. The molecule has 0 radical (unpaired) electrons. The number of aromatic nitrogens is 1. The topological polar surface area (TPSA) is 65.9 Å². The molecule has 7 heteroatoms. The molecule has 2 saturated heterocycles. The summed E-state index contributed by atoms with van der Waals surface area (Å²) in [6.45, 7) is 7.27. The van der Waals surface area contributed by atoms with E-state index in [0.717, 1.165) is 50.9 Å². The van der Waals surface area contributed by atoms with Crippen LogP contribution < -0.4 is 4.90 Å². The highest BCUT2D eigenvalue weighted by Gasteiger charge is 2.30. The minimum atomic E-state index is -0.879. The van der Waals surface area contributed by atoms with E-state index in [-0.39, 0.29) is 0 Å². The fraction of sp³-hybridized carbons (Fsp3) is 0.692. The maximum atomic E-state index is 11.1. The first-order valence-electron chi connectivity index (χ1n) is 6.92. The van der Waals surface area contributed by atoms with Gasteiger partial charge in [0.2, 0.25) is 0 Å². The second-order valence-corrected chi connectivity index (χ2v) is 6.23. The third-order valence-electron chi connectivity index (χ3n) is 3.98. The molecule has 0 bridgehead atoms. The lowest BCUT2D eigenvalue weighted by atomic mass is 10.2. The first-order valence-corrected chi connectivity index (χ1v) is 7.74. The van der Waals surface area contributed by atoms with Gasteiger partial charge in [-0.1, -0.05) is 11.3 Å². The summed E-state index contributed by atoms with van der Waals surface area (Å²) in [7, 11) is 0. The number of rotatable bonds is 3. The van der Waals surface area contributed by atoms with Crippen LogP contribution in [-0.2, 0) is 4.74 Å². The quantitative estimate of drug-likeness (QED) is 0.900. The predicted octanol–water partition coefficient (Wildman–Crippen LogP) is 1.06. The Balaban J connectivity index is 1.67. The van der Waals surface area contributed by atoms with Gasteiger partial charge in [0.15, 0.2) is 5.13 Å². The van der Waals surface area contributed by atoms with Crippen molar-refractivity contribution in [3.63, 3.8) is 0 Å². The first kappa shape index (κ1) is 13.8. The maximum Gasteiger partial charge on any atom is 0.347 e. The number of anilines is 1. The van der Waals surface area contributed by atoms with Gasteiger partial charge in [0.05, 0.1) is 18.9 Å². The lowest BCUT2D eigenvalue weighted by Gasteiger charge is -2.32. The first-order chi connectivity index (χ1) is 9.65. The fourth-order valence-corrected chi connectivity index (χ4v) is 3.81. The van der Waals surface area contributed by atoms with Gasteiger partial charge in [0.25, 0.3) is 0 Å². The molecular formula is C13H19N3O3S. The van der Waals surface area contributed by atoms with E-state index in [4.69, 9.17) is 9.84 Å². The predicted molar refractivity (Wildman–Crippen MR) is 76.8 cm³/mol. The molecule has 2 aliphatic rings. The third kappa shape index (κ3) is 2.65. The Hall–Kier alpha value is -1.18. The Morgan fingerprint density at radius 3 is 2.80 bits per heavy atom. The van der Waals surface area contributed by atoms with Crippen molar-refractivity contribution in [1.82, 2.24) is 9.88 Å². The van der Waals surface area contributed by atoms with Crippen LogP contribution in [0.2, 0.25) is 0 Å². The summed E-state index contributed by atoms with van der Waals surface area (Å²) >= 11 is 1.29. The number of nitrogens with zero attached hydrogens (tertiary/aromatic N) is 3. The van der Waals surface area contributed by atoms with Gasteiger partial charge in [-0.25, -0.2) is 9.78 Å². The molecule has 0 aromatic carbocycles. The summed E-state index contributed by atoms with van der Waals surface area (Å²) in [6.07, 6.45) is 1.11. The molecule has 1 atom stereocenters. The number of carbonyl (C=O) groups is 1. The molecule has 0 amide bonds. The van der Waals surface area contributed by atoms with Crippen molar-refractivity contribution in [1.29, 1.82) is 0 Å². The molecule has 1 aromatic rings. The van der Waals surface area contributed by atoms with Crippen molar-refractivity contribution in [3.8, 4) is 0 Å². The van der Waals surface area contributed by atoms with Gasteiger partial charge >= 0.3 is 5.97 Å². The molecule has 0 spiro atoms. The second-order valence-electron chi connectivity index (χ2n) is 5.25. The monoisotopic (exact) mass is 297 g/mol. The van der Waals surface area contributed by atoms with Gasteiger partial charge in [-0.2, -0.15) is 0 Å². The Bertz CT molecular complexity index is 499.